The maximum Gasteiger partial charge on any atom is 0.305 e. The van der Waals surface area contributed by atoms with E-state index in [2.05, 4.69) is 29.5 Å². The van der Waals surface area contributed by atoms with E-state index in [0.717, 1.165) is 30.4 Å². The maximum absolute atomic E-state index is 11.9. The number of fused-ring (bicyclic) bond motifs is 1. The molecule has 0 aliphatic carbocycles. The van der Waals surface area contributed by atoms with Gasteiger partial charge < -0.3 is 5.11 Å². The summed E-state index contributed by atoms with van der Waals surface area (Å²) in [5.41, 5.74) is 2.68. The molecule has 104 valence electrons. The minimum absolute atomic E-state index is 0.219. The SMILES string of the molecule is CCC(CC)c1nnc2n1NC(=O)C(CC(=O)O)S2. The van der Waals surface area contributed by atoms with E-state index < -0.39 is 11.2 Å². The molecule has 1 aliphatic heterocycles. The van der Waals surface area contributed by atoms with Gasteiger partial charge in [0.05, 0.1) is 6.42 Å². The van der Waals surface area contributed by atoms with Crippen molar-refractivity contribution in [2.45, 2.75) is 49.4 Å². The van der Waals surface area contributed by atoms with Crippen LogP contribution in [0, 0.1) is 0 Å². The molecule has 1 aliphatic rings. The lowest BCUT2D eigenvalue weighted by atomic mass is 10.0. The number of aliphatic carboxylic acids is 1. The third-order valence-electron chi connectivity index (χ3n) is 3.13. The summed E-state index contributed by atoms with van der Waals surface area (Å²) >= 11 is 1.15. The van der Waals surface area contributed by atoms with Crippen LogP contribution < -0.4 is 5.43 Å². The Morgan fingerprint density at radius 2 is 2.16 bits per heavy atom. The number of carbonyl (C=O) groups is 2. The molecule has 2 heterocycles. The summed E-state index contributed by atoms with van der Waals surface area (Å²) in [6.45, 7) is 4.11. The molecule has 0 saturated carbocycles. The Balaban J connectivity index is 2.24. The quantitative estimate of drug-likeness (QED) is 0.843. The van der Waals surface area contributed by atoms with Gasteiger partial charge in [-0.05, 0) is 12.8 Å². The first-order valence-corrected chi connectivity index (χ1v) is 7.09. The van der Waals surface area contributed by atoms with Crippen LogP contribution >= 0.6 is 11.8 Å². The van der Waals surface area contributed by atoms with E-state index >= 15 is 0 Å². The first kappa shape index (κ1) is 13.9. The Kier molecular flexibility index (Phi) is 4.08. The monoisotopic (exact) mass is 284 g/mol. The van der Waals surface area contributed by atoms with Gasteiger partial charge in [0, 0.05) is 5.92 Å². The number of nitrogens with zero attached hydrogens (tertiary/aromatic N) is 3. The fourth-order valence-corrected chi connectivity index (χ4v) is 3.01. The van der Waals surface area contributed by atoms with Crippen LogP contribution in [0.25, 0.3) is 0 Å². The summed E-state index contributed by atoms with van der Waals surface area (Å²) in [6.07, 6.45) is 1.60. The number of rotatable bonds is 5. The average molecular weight is 284 g/mol. The van der Waals surface area contributed by atoms with Crippen molar-refractivity contribution in [2.24, 2.45) is 0 Å². The number of carboxylic acids is 1. The zero-order chi connectivity index (χ0) is 14.0. The second-order valence-corrected chi connectivity index (χ2v) is 5.54. The van der Waals surface area contributed by atoms with E-state index in [0.29, 0.717) is 5.16 Å². The number of carboxylic acid groups (broad SMARTS) is 1. The van der Waals surface area contributed by atoms with Gasteiger partial charge in [-0.2, -0.15) is 0 Å². The Morgan fingerprint density at radius 3 is 2.74 bits per heavy atom. The van der Waals surface area contributed by atoms with Crippen molar-refractivity contribution in [3.63, 3.8) is 0 Å². The first-order chi connectivity index (χ1) is 9.06. The van der Waals surface area contributed by atoms with Gasteiger partial charge in [0.1, 0.15) is 5.25 Å². The number of amides is 1. The van der Waals surface area contributed by atoms with E-state index in [9.17, 15) is 9.59 Å². The van der Waals surface area contributed by atoms with Crippen LogP contribution in [0.5, 0.6) is 0 Å². The highest BCUT2D eigenvalue weighted by molar-refractivity contribution is 8.00. The molecule has 1 unspecified atom stereocenters. The summed E-state index contributed by atoms with van der Waals surface area (Å²) in [5, 5.41) is 16.8. The number of aromatic nitrogens is 3. The van der Waals surface area contributed by atoms with Crippen LogP contribution in [-0.2, 0) is 9.59 Å². The number of carbonyl (C=O) groups excluding carboxylic acids is 1. The van der Waals surface area contributed by atoms with E-state index in [1.807, 2.05) is 0 Å². The van der Waals surface area contributed by atoms with Crippen LogP contribution in [-0.4, -0.2) is 37.1 Å². The van der Waals surface area contributed by atoms with Gasteiger partial charge in [-0.25, -0.2) is 4.68 Å². The van der Waals surface area contributed by atoms with Gasteiger partial charge in [-0.15, -0.1) is 10.2 Å². The van der Waals surface area contributed by atoms with Crippen LogP contribution in [0.3, 0.4) is 0 Å². The zero-order valence-corrected chi connectivity index (χ0v) is 11.6. The van der Waals surface area contributed by atoms with Crippen molar-refractivity contribution in [3.8, 4) is 0 Å². The molecule has 0 fully saturated rings. The molecule has 8 heteroatoms. The Hall–Kier alpha value is -1.57. The van der Waals surface area contributed by atoms with Crippen molar-refractivity contribution < 1.29 is 14.7 Å². The van der Waals surface area contributed by atoms with Gasteiger partial charge in [-0.3, -0.25) is 15.0 Å². The van der Waals surface area contributed by atoms with E-state index in [1.54, 1.807) is 4.68 Å². The van der Waals surface area contributed by atoms with Gasteiger partial charge in [0.25, 0.3) is 5.91 Å². The van der Waals surface area contributed by atoms with Crippen molar-refractivity contribution in [1.29, 1.82) is 0 Å². The molecule has 2 N–H and O–H groups in total. The van der Waals surface area contributed by atoms with Gasteiger partial charge in [-0.1, -0.05) is 25.6 Å². The number of nitrogens with one attached hydrogen (secondary N) is 1. The lowest BCUT2D eigenvalue weighted by Gasteiger charge is -2.23. The molecular formula is C11H16N4O3S. The predicted octanol–water partition coefficient (Wildman–Crippen LogP) is 1.20. The largest absolute Gasteiger partial charge is 0.481 e. The second kappa shape index (κ2) is 5.60. The molecule has 7 nitrogen and oxygen atoms in total. The molecule has 1 aromatic rings. The minimum Gasteiger partial charge on any atom is -0.481 e. The number of thioether (sulfide) groups is 1. The summed E-state index contributed by atoms with van der Waals surface area (Å²) in [5.74, 6) is -0.347. The molecule has 1 aromatic heterocycles. The number of hydrogen-bond donors (Lipinski definition) is 2. The van der Waals surface area contributed by atoms with E-state index in [1.165, 1.54) is 0 Å². The molecule has 0 spiro atoms. The molecule has 2 rings (SSSR count). The predicted molar refractivity (Wildman–Crippen MR) is 69.6 cm³/mol. The van der Waals surface area contributed by atoms with Gasteiger partial charge in [0.2, 0.25) is 5.16 Å². The van der Waals surface area contributed by atoms with E-state index in [-0.39, 0.29) is 18.2 Å². The average Bonchev–Trinajstić information content (AvgIpc) is 2.74. The molecular weight excluding hydrogens is 268 g/mol. The second-order valence-electron chi connectivity index (χ2n) is 4.37. The van der Waals surface area contributed by atoms with Crippen molar-refractivity contribution in [3.05, 3.63) is 5.82 Å². The fourth-order valence-electron chi connectivity index (χ4n) is 2.04. The summed E-state index contributed by atoms with van der Waals surface area (Å²) in [7, 11) is 0. The van der Waals surface area contributed by atoms with Crippen molar-refractivity contribution >= 4 is 23.6 Å². The van der Waals surface area contributed by atoms with Crippen molar-refractivity contribution in [1.82, 2.24) is 14.9 Å². The third-order valence-corrected chi connectivity index (χ3v) is 4.27. The highest BCUT2D eigenvalue weighted by atomic mass is 32.2. The van der Waals surface area contributed by atoms with Gasteiger partial charge >= 0.3 is 5.97 Å². The summed E-state index contributed by atoms with van der Waals surface area (Å²) in [6, 6.07) is 0. The highest BCUT2D eigenvalue weighted by Crippen LogP contribution is 2.31. The lowest BCUT2D eigenvalue weighted by Crippen LogP contribution is -2.38. The molecule has 0 saturated heterocycles. The standard InChI is InChI=1S/C11H16N4O3S/c1-3-6(4-2)9-12-13-11-15(9)14-10(18)7(19-11)5-8(16)17/h6-7H,3-5H2,1-2H3,(H,14,18)(H,16,17). The smallest absolute Gasteiger partial charge is 0.305 e. The molecule has 0 bridgehead atoms. The lowest BCUT2D eigenvalue weighted by molar-refractivity contribution is -0.138. The Morgan fingerprint density at radius 1 is 1.47 bits per heavy atom. The molecule has 0 aromatic carbocycles. The summed E-state index contributed by atoms with van der Waals surface area (Å²) < 4.78 is 1.59. The van der Waals surface area contributed by atoms with Crippen LogP contribution in [0.15, 0.2) is 5.16 Å². The van der Waals surface area contributed by atoms with Crippen molar-refractivity contribution in [2.75, 3.05) is 5.43 Å². The van der Waals surface area contributed by atoms with Crippen LogP contribution in [0.4, 0.5) is 0 Å². The zero-order valence-electron chi connectivity index (χ0n) is 10.8. The fraction of sp³-hybridized carbons (Fsp3) is 0.636. The molecule has 1 amide bonds. The third kappa shape index (κ3) is 2.73. The minimum atomic E-state index is -0.999. The highest BCUT2D eigenvalue weighted by Gasteiger charge is 2.33. The normalized spacial score (nSPS) is 18.3. The Labute approximate surface area is 114 Å². The van der Waals surface area contributed by atoms with Gasteiger partial charge in [0.15, 0.2) is 5.82 Å². The molecule has 1 atom stereocenters. The first-order valence-electron chi connectivity index (χ1n) is 6.21. The Bertz CT molecular complexity index is 498. The molecule has 0 radical (unpaired) electrons. The van der Waals surface area contributed by atoms with E-state index in [4.69, 9.17) is 5.11 Å². The topological polar surface area (TPSA) is 97.1 Å². The summed E-state index contributed by atoms with van der Waals surface area (Å²) in [4.78, 5) is 22.6. The maximum atomic E-state index is 11.9. The van der Waals surface area contributed by atoms with Crippen LogP contribution in [0.2, 0.25) is 0 Å². The molecule has 19 heavy (non-hydrogen) atoms. The van der Waals surface area contributed by atoms with Crippen LogP contribution in [0.1, 0.15) is 44.9 Å². The number of hydrogen-bond acceptors (Lipinski definition) is 5.